The number of hydrogen-bond acceptors (Lipinski definition) is 4. The molecule has 1 aliphatic rings. The number of nitrogens with zero attached hydrogens (tertiary/aromatic N) is 4. The number of amides is 1. The Bertz CT molecular complexity index is 559. The standard InChI is InChI=1S/C10H10ClF3N4O2/c1-6(17-5-7(11)4-16-17)8(19)18-9(20,2-3-15-18)10(12,13)14/h3-6,20H,2H2,1H3/t6-,9+/m0/s1. The summed E-state index contributed by atoms with van der Waals surface area (Å²) in [6.45, 7) is 1.33. The van der Waals surface area contributed by atoms with Gasteiger partial charge in [0, 0.05) is 18.8 Å². The minimum Gasteiger partial charge on any atom is -0.362 e. The van der Waals surface area contributed by atoms with Crippen molar-refractivity contribution in [2.24, 2.45) is 5.10 Å². The molecule has 6 nitrogen and oxygen atoms in total. The van der Waals surface area contributed by atoms with Crippen LogP contribution in [0.1, 0.15) is 19.4 Å². The number of carbonyl (C=O) groups is 1. The third kappa shape index (κ3) is 2.27. The van der Waals surface area contributed by atoms with Gasteiger partial charge in [-0.15, -0.1) is 0 Å². The first-order valence-corrected chi connectivity index (χ1v) is 5.90. The van der Waals surface area contributed by atoms with Crippen molar-refractivity contribution in [3.63, 3.8) is 0 Å². The second-order valence-corrected chi connectivity index (χ2v) is 4.72. The SMILES string of the molecule is C[C@@H](C(=O)N1N=CC[C@@]1(O)C(F)(F)F)n1cc(Cl)cn1. The molecule has 0 spiro atoms. The van der Waals surface area contributed by atoms with E-state index in [0.717, 1.165) is 10.9 Å². The van der Waals surface area contributed by atoms with Gasteiger partial charge in [-0.3, -0.25) is 9.48 Å². The smallest absolute Gasteiger partial charge is 0.362 e. The topological polar surface area (TPSA) is 70.7 Å². The number of aliphatic hydroxyl groups is 1. The van der Waals surface area contributed by atoms with E-state index >= 15 is 0 Å². The second kappa shape index (κ2) is 4.74. The highest BCUT2D eigenvalue weighted by Gasteiger charge is 2.62. The summed E-state index contributed by atoms with van der Waals surface area (Å²) in [4.78, 5) is 12.1. The summed E-state index contributed by atoms with van der Waals surface area (Å²) in [7, 11) is 0. The van der Waals surface area contributed by atoms with Crippen LogP contribution in [0.4, 0.5) is 13.2 Å². The summed E-state index contributed by atoms with van der Waals surface area (Å²) in [5, 5.41) is 17.0. The molecule has 1 amide bonds. The molecule has 1 aromatic heterocycles. The normalized spacial score (nSPS) is 24.2. The molecule has 10 heteroatoms. The first-order chi connectivity index (χ1) is 9.17. The van der Waals surface area contributed by atoms with Crippen molar-refractivity contribution in [2.75, 3.05) is 0 Å². The second-order valence-electron chi connectivity index (χ2n) is 4.28. The Hall–Kier alpha value is -1.61. The maximum absolute atomic E-state index is 12.9. The third-order valence-corrected chi connectivity index (χ3v) is 3.11. The van der Waals surface area contributed by atoms with Gasteiger partial charge in [0.05, 0.1) is 11.2 Å². The zero-order valence-electron chi connectivity index (χ0n) is 10.2. The minimum atomic E-state index is -5.01. The van der Waals surface area contributed by atoms with Crippen LogP contribution in [-0.2, 0) is 4.79 Å². The summed E-state index contributed by atoms with van der Waals surface area (Å²) in [6, 6.07) is -1.09. The minimum absolute atomic E-state index is 0.0350. The molecule has 2 heterocycles. The number of hydrazone groups is 1. The molecule has 0 aromatic carbocycles. The molecule has 20 heavy (non-hydrogen) atoms. The van der Waals surface area contributed by atoms with Gasteiger partial charge in [0.2, 0.25) is 0 Å². The largest absolute Gasteiger partial charge is 0.438 e. The molecule has 2 atom stereocenters. The summed E-state index contributed by atoms with van der Waals surface area (Å²) < 4.78 is 39.7. The number of halogens is 4. The van der Waals surface area contributed by atoms with Crippen molar-refractivity contribution in [1.82, 2.24) is 14.8 Å². The predicted octanol–water partition coefficient (Wildman–Crippen LogP) is 1.57. The third-order valence-electron chi connectivity index (χ3n) is 2.91. The van der Waals surface area contributed by atoms with Crippen molar-refractivity contribution in [3.05, 3.63) is 17.4 Å². The van der Waals surface area contributed by atoms with E-state index in [1.165, 1.54) is 19.3 Å². The molecule has 0 fully saturated rings. The molecule has 0 saturated heterocycles. The number of hydrogen-bond donors (Lipinski definition) is 1. The first-order valence-electron chi connectivity index (χ1n) is 5.52. The lowest BCUT2D eigenvalue weighted by atomic mass is 10.1. The molecule has 0 bridgehead atoms. The van der Waals surface area contributed by atoms with E-state index in [1.54, 1.807) is 0 Å². The van der Waals surface area contributed by atoms with Crippen LogP contribution in [0.25, 0.3) is 0 Å². The Morgan fingerprint density at radius 1 is 1.60 bits per heavy atom. The van der Waals surface area contributed by atoms with Crippen molar-refractivity contribution in [3.8, 4) is 0 Å². The van der Waals surface area contributed by atoms with Gasteiger partial charge in [-0.25, -0.2) is 0 Å². The highest BCUT2D eigenvalue weighted by molar-refractivity contribution is 6.30. The Kier molecular flexibility index (Phi) is 3.51. The Labute approximate surface area is 116 Å². The molecule has 1 N–H and O–H groups in total. The predicted molar refractivity (Wildman–Crippen MR) is 62.9 cm³/mol. The Balaban J connectivity index is 2.26. The maximum Gasteiger partial charge on any atom is 0.438 e. The van der Waals surface area contributed by atoms with Crippen molar-refractivity contribution in [2.45, 2.75) is 31.3 Å². The Morgan fingerprint density at radius 3 is 2.75 bits per heavy atom. The number of rotatable bonds is 2. The quantitative estimate of drug-likeness (QED) is 0.901. The summed E-state index contributed by atoms with van der Waals surface area (Å²) in [6.07, 6.45) is -2.45. The highest BCUT2D eigenvalue weighted by atomic mass is 35.5. The molecular weight excluding hydrogens is 301 g/mol. The molecule has 1 aromatic rings. The van der Waals surface area contributed by atoms with Crippen molar-refractivity contribution < 1.29 is 23.1 Å². The fraction of sp³-hybridized carbons (Fsp3) is 0.500. The average molecular weight is 311 g/mol. The van der Waals surface area contributed by atoms with E-state index < -0.39 is 30.3 Å². The summed E-state index contributed by atoms with van der Waals surface area (Å²) in [5.41, 5.74) is -3.32. The van der Waals surface area contributed by atoms with E-state index in [1.807, 2.05) is 0 Å². The van der Waals surface area contributed by atoms with Gasteiger partial charge in [0.1, 0.15) is 6.04 Å². The van der Waals surface area contributed by atoms with Crippen LogP contribution in [-0.4, -0.2) is 43.9 Å². The summed E-state index contributed by atoms with van der Waals surface area (Å²) >= 11 is 5.63. The van der Waals surface area contributed by atoms with E-state index in [9.17, 15) is 23.1 Å². The molecule has 0 aliphatic carbocycles. The fourth-order valence-electron chi connectivity index (χ4n) is 1.72. The van der Waals surface area contributed by atoms with Gasteiger partial charge in [-0.1, -0.05) is 11.6 Å². The van der Waals surface area contributed by atoms with Crippen LogP contribution >= 0.6 is 11.6 Å². The van der Waals surface area contributed by atoms with Gasteiger partial charge < -0.3 is 5.11 Å². The summed E-state index contributed by atoms with van der Waals surface area (Å²) in [5.74, 6) is -1.04. The Morgan fingerprint density at radius 2 is 2.25 bits per heavy atom. The van der Waals surface area contributed by atoms with E-state index in [-0.39, 0.29) is 10.0 Å². The van der Waals surface area contributed by atoms with Crippen LogP contribution in [0.5, 0.6) is 0 Å². The van der Waals surface area contributed by atoms with Gasteiger partial charge in [0.25, 0.3) is 11.6 Å². The molecule has 0 unspecified atom stereocenters. The van der Waals surface area contributed by atoms with E-state index in [0.29, 0.717) is 0 Å². The van der Waals surface area contributed by atoms with Crippen LogP contribution in [0.15, 0.2) is 17.5 Å². The van der Waals surface area contributed by atoms with Crippen LogP contribution in [0.3, 0.4) is 0 Å². The fourth-order valence-corrected chi connectivity index (χ4v) is 1.87. The van der Waals surface area contributed by atoms with Crippen LogP contribution in [0.2, 0.25) is 5.02 Å². The van der Waals surface area contributed by atoms with E-state index in [2.05, 4.69) is 10.2 Å². The first kappa shape index (κ1) is 14.8. The monoisotopic (exact) mass is 310 g/mol. The van der Waals surface area contributed by atoms with Gasteiger partial charge in [-0.05, 0) is 6.92 Å². The lowest BCUT2D eigenvalue weighted by molar-refractivity contribution is -0.302. The van der Waals surface area contributed by atoms with Gasteiger partial charge >= 0.3 is 6.18 Å². The van der Waals surface area contributed by atoms with Gasteiger partial charge in [-0.2, -0.15) is 28.4 Å². The zero-order chi connectivity index (χ0) is 15.1. The van der Waals surface area contributed by atoms with Crippen LogP contribution in [0, 0.1) is 0 Å². The van der Waals surface area contributed by atoms with Crippen LogP contribution < -0.4 is 0 Å². The molecule has 0 saturated carbocycles. The van der Waals surface area contributed by atoms with E-state index in [4.69, 9.17) is 11.6 Å². The lowest BCUT2D eigenvalue weighted by Gasteiger charge is -2.33. The number of aromatic nitrogens is 2. The molecular formula is C10H10ClF3N4O2. The molecule has 2 rings (SSSR count). The number of alkyl halides is 3. The maximum atomic E-state index is 12.9. The van der Waals surface area contributed by atoms with Crippen molar-refractivity contribution in [1.29, 1.82) is 0 Å². The molecule has 1 aliphatic heterocycles. The average Bonchev–Trinajstić information content (AvgIpc) is 2.93. The number of carbonyl (C=O) groups excluding carboxylic acids is 1. The lowest BCUT2D eigenvalue weighted by Crippen LogP contribution is -2.57. The van der Waals surface area contributed by atoms with Crippen molar-refractivity contribution >= 4 is 23.7 Å². The molecule has 0 radical (unpaired) electrons. The zero-order valence-corrected chi connectivity index (χ0v) is 10.9. The van der Waals surface area contributed by atoms with Gasteiger partial charge in [0.15, 0.2) is 0 Å². The molecule has 110 valence electrons. The highest BCUT2D eigenvalue weighted by Crippen LogP contribution is 2.39.